The molecule has 2 aliphatic rings. The van der Waals surface area contributed by atoms with Crippen LogP contribution in [-0.2, 0) is 16.0 Å². The fraction of sp³-hybridized carbons (Fsp3) is 0.481. The van der Waals surface area contributed by atoms with Crippen molar-refractivity contribution in [2.24, 2.45) is 0 Å². The van der Waals surface area contributed by atoms with Crippen LogP contribution in [0.4, 0.5) is 0 Å². The summed E-state index contributed by atoms with van der Waals surface area (Å²) < 4.78 is 10.8. The lowest BCUT2D eigenvalue weighted by molar-refractivity contribution is -0.158. The molecule has 2 aromatic carbocycles. The van der Waals surface area contributed by atoms with Gasteiger partial charge in [0.1, 0.15) is 12.6 Å². The highest BCUT2D eigenvalue weighted by atomic mass is 35.5. The van der Waals surface area contributed by atoms with Gasteiger partial charge in [0.05, 0.1) is 14.2 Å². The third-order valence-electron chi connectivity index (χ3n) is 7.00. The summed E-state index contributed by atoms with van der Waals surface area (Å²) >= 11 is 6.12. The molecular formula is C27H33ClN2O4. The molecule has 0 radical (unpaired) electrons. The van der Waals surface area contributed by atoms with Crippen LogP contribution in [0.1, 0.15) is 55.7 Å². The van der Waals surface area contributed by atoms with Crippen LogP contribution in [0, 0.1) is 0 Å². The monoisotopic (exact) mass is 484 g/mol. The van der Waals surface area contributed by atoms with Gasteiger partial charge in [-0.1, -0.05) is 55.5 Å². The third-order valence-corrected chi connectivity index (χ3v) is 7.25. The van der Waals surface area contributed by atoms with E-state index in [0.717, 1.165) is 36.8 Å². The molecule has 7 heteroatoms. The molecule has 0 unspecified atom stereocenters. The molecule has 34 heavy (non-hydrogen) atoms. The zero-order valence-electron chi connectivity index (χ0n) is 20.0. The van der Waals surface area contributed by atoms with E-state index in [9.17, 15) is 9.59 Å². The summed E-state index contributed by atoms with van der Waals surface area (Å²) in [4.78, 5) is 30.9. The van der Waals surface area contributed by atoms with Gasteiger partial charge in [-0.2, -0.15) is 0 Å². The van der Waals surface area contributed by atoms with Crippen molar-refractivity contribution in [3.05, 3.63) is 58.6 Å². The number of methoxy groups -OCH3 is 2. The highest BCUT2D eigenvalue weighted by molar-refractivity contribution is 6.30. The average Bonchev–Trinajstić information content (AvgIpc) is 3.14. The van der Waals surface area contributed by atoms with E-state index in [1.54, 1.807) is 31.3 Å². The summed E-state index contributed by atoms with van der Waals surface area (Å²) in [7, 11) is 3.21. The van der Waals surface area contributed by atoms with E-state index < -0.39 is 6.04 Å². The number of hydrogen-bond acceptors (Lipinski definition) is 4. The van der Waals surface area contributed by atoms with Gasteiger partial charge in [-0.05, 0) is 54.7 Å². The molecule has 1 aliphatic carbocycles. The van der Waals surface area contributed by atoms with Crippen LogP contribution in [-0.4, -0.2) is 55.0 Å². The molecule has 1 saturated heterocycles. The zero-order chi connectivity index (χ0) is 24.1. The molecule has 1 heterocycles. The van der Waals surface area contributed by atoms with Gasteiger partial charge in [-0.15, -0.1) is 0 Å². The number of benzene rings is 2. The van der Waals surface area contributed by atoms with Gasteiger partial charge < -0.3 is 19.3 Å². The van der Waals surface area contributed by atoms with E-state index in [1.807, 2.05) is 35.2 Å². The van der Waals surface area contributed by atoms with Crippen LogP contribution >= 0.6 is 11.6 Å². The minimum Gasteiger partial charge on any atom is -0.493 e. The number of carbonyl (C=O) groups is 2. The fourth-order valence-corrected chi connectivity index (χ4v) is 5.26. The van der Waals surface area contributed by atoms with Crippen LogP contribution in [0.15, 0.2) is 42.5 Å². The van der Waals surface area contributed by atoms with E-state index in [-0.39, 0.29) is 24.4 Å². The van der Waals surface area contributed by atoms with Crippen molar-refractivity contribution in [1.82, 2.24) is 9.80 Å². The van der Waals surface area contributed by atoms with Crippen LogP contribution in [0.5, 0.6) is 11.5 Å². The minimum atomic E-state index is -0.637. The number of ether oxygens (including phenoxy) is 2. The van der Waals surface area contributed by atoms with E-state index in [0.29, 0.717) is 29.5 Å². The lowest BCUT2D eigenvalue weighted by Gasteiger charge is -2.43. The molecule has 0 spiro atoms. The first-order valence-corrected chi connectivity index (χ1v) is 12.5. The van der Waals surface area contributed by atoms with Crippen LogP contribution in [0.3, 0.4) is 0 Å². The molecule has 2 aromatic rings. The predicted molar refractivity (Wildman–Crippen MR) is 132 cm³/mol. The van der Waals surface area contributed by atoms with E-state index >= 15 is 0 Å². The highest BCUT2D eigenvalue weighted by Gasteiger charge is 2.42. The average molecular weight is 485 g/mol. The Morgan fingerprint density at radius 1 is 0.912 bits per heavy atom. The molecule has 0 N–H and O–H groups in total. The molecule has 1 saturated carbocycles. The Kier molecular flexibility index (Phi) is 7.99. The van der Waals surface area contributed by atoms with Gasteiger partial charge in [-0.25, -0.2) is 0 Å². The molecule has 0 aromatic heterocycles. The molecule has 0 bridgehead atoms. The molecule has 1 aliphatic heterocycles. The standard InChI is InChI=1S/C27H33ClN2O4/c1-33-23-14-9-19(17-24(23)34-2)15-16-29-25(31)18-30(22-7-5-3-4-6-8-22)27(32)26(29)20-10-12-21(28)13-11-20/h9-14,17,22,26H,3-8,15-16,18H2,1-2H3/t26-/m0/s1. The van der Waals surface area contributed by atoms with Gasteiger partial charge in [0, 0.05) is 17.6 Å². The van der Waals surface area contributed by atoms with Gasteiger partial charge >= 0.3 is 0 Å². The minimum absolute atomic E-state index is 0.00993. The van der Waals surface area contributed by atoms with Crippen LogP contribution < -0.4 is 9.47 Å². The van der Waals surface area contributed by atoms with Crippen molar-refractivity contribution in [3.8, 4) is 11.5 Å². The van der Waals surface area contributed by atoms with Crippen LogP contribution in [0.25, 0.3) is 0 Å². The topological polar surface area (TPSA) is 59.1 Å². The van der Waals surface area contributed by atoms with Crippen molar-refractivity contribution in [2.75, 3.05) is 27.3 Å². The lowest BCUT2D eigenvalue weighted by atomic mass is 9.97. The molecule has 2 fully saturated rings. The Bertz CT molecular complexity index is 1000. The smallest absolute Gasteiger partial charge is 0.250 e. The first-order chi connectivity index (χ1) is 16.5. The summed E-state index contributed by atoms with van der Waals surface area (Å²) in [5.74, 6) is 1.31. The second kappa shape index (κ2) is 11.1. The summed E-state index contributed by atoms with van der Waals surface area (Å²) in [6, 6.07) is 12.5. The molecule has 182 valence electrons. The van der Waals surface area contributed by atoms with Gasteiger partial charge in [0.15, 0.2) is 11.5 Å². The zero-order valence-corrected chi connectivity index (χ0v) is 20.7. The maximum Gasteiger partial charge on any atom is 0.250 e. The fourth-order valence-electron chi connectivity index (χ4n) is 5.13. The number of piperazine rings is 1. The number of halogens is 1. The lowest BCUT2D eigenvalue weighted by Crippen LogP contribution is -2.58. The van der Waals surface area contributed by atoms with E-state index in [1.165, 1.54) is 12.8 Å². The van der Waals surface area contributed by atoms with Gasteiger partial charge in [0.25, 0.3) is 5.91 Å². The maximum atomic E-state index is 13.8. The maximum absolute atomic E-state index is 13.8. The number of hydrogen-bond donors (Lipinski definition) is 0. The molecular weight excluding hydrogens is 452 g/mol. The number of nitrogens with zero attached hydrogens (tertiary/aromatic N) is 2. The van der Waals surface area contributed by atoms with Gasteiger partial charge in [-0.3, -0.25) is 9.59 Å². The van der Waals surface area contributed by atoms with Gasteiger partial charge in [0.2, 0.25) is 5.91 Å². The first kappa shape index (κ1) is 24.4. The Hall–Kier alpha value is -2.73. The molecule has 4 rings (SSSR count). The van der Waals surface area contributed by atoms with Crippen molar-refractivity contribution >= 4 is 23.4 Å². The Balaban J connectivity index is 1.59. The van der Waals surface area contributed by atoms with Crippen molar-refractivity contribution in [2.45, 2.75) is 57.0 Å². The third kappa shape index (κ3) is 5.33. The van der Waals surface area contributed by atoms with E-state index in [4.69, 9.17) is 21.1 Å². The molecule has 1 atom stereocenters. The van der Waals surface area contributed by atoms with Crippen molar-refractivity contribution < 1.29 is 19.1 Å². The SMILES string of the molecule is COc1ccc(CCN2C(=O)CN(C3CCCCCC3)C(=O)[C@@H]2c2ccc(Cl)cc2)cc1OC. The quantitative estimate of drug-likeness (QED) is 0.517. The van der Waals surface area contributed by atoms with Crippen molar-refractivity contribution in [3.63, 3.8) is 0 Å². The Morgan fingerprint density at radius 3 is 2.24 bits per heavy atom. The van der Waals surface area contributed by atoms with Crippen LogP contribution in [0.2, 0.25) is 5.02 Å². The molecule has 2 amide bonds. The highest BCUT2D eigenvalue weighted by Crippen LogP contribution is 2.33. The summed E-state index contributed by atoms with van der Waals surface area (Å²) in [6.07, 6.45) is 7.16. The van der Waals surface area contributed by atoms with Crippen molar-refractivity contribution in [1.29, 1.82) is 0 Å². The summed E-state index contributed by atoms with van der Waals surface area (Å²) in [5.41, 5.74) is 1.81. The second-order valence-electron chi connectivity index (χ2n) is 9.09. The summed E-state index contributed by atoms with van der Waals surface area (Å²) in [6.45, 7) is 0.589. The number of rotatable bonds is 7. The largest absolute Gasteiger partial charge is 0.493 e. The first-order valence-electron chi connectivity index (χ1n) is 12.1. The van der Waals surface area contributed by atoms with E-state index in [2.05, 4.69) is 0 Å². The number of amides is 2. The summed E-state index contributed by atoms with van der Waals surface area (Å²) in [5, 5.41) is 0.607. The Labute approximate surface area is 206 Å². The normalized spacial score (nSPS) is 19.8. The number of carbonyl (C=O) groups excluding carboxylic acids is 2. The Morgan fingerprint density at radius 2 is 1.59 bits per heavy atom. The molecule has 6 nitrogen and oxygen atoms in total. The predicted octanol–water partition coefficient (Wildman–Crippen LogP) is 5.03. The second-order valence-corrected chi connectivity index (χ2v) is 9.53.